The van der Waals surface area contributed by atoms with Gasteiger partial charge < -0.3 is 19.7 Å². The zero-order valence-electron chi connectivity index (χ0n) is 30.5. The fourth-order valence-corrected chi connectivity index (χ4v) is 7.03. The molecule has 1 fully saturated rings. The first-order valence-corrected chi connectivity index (χ1v) is 18.7. The number of benzene rings is 3. The van der Waals surface area contributed by atoms with Gasteiger partial charge in [-0.3, -0.25) is 4.79 Å². The van der Waals surface area contributed by atoms with Crippen molar-refractivity contribution in [3.63, 3.8) is 0 Å². The molecule has 0 aliphatic heterocycles. The van der Waals surface area contributed by atoms with Gasteiger partial charge in [-0.2, -0.15) is 0 Å². The Kier molecular flexibility index (Phi) is 14.7. The van der Waals surface area contributed by atoms with Crippen molar-refractivity contribution in [3.8, 4) is 28.0 Å². The van der Waals surface area contributed by atoms with Crippen molar-refractivity contribution in [2.75, 3.05) is 26.4 Å². The molecule has 0 aromatic heterocycles. The minimum Gasteiger partial charge on any atom is -0.493 e. The minimum atomic E-state index is -0.744. The van der Waals surface area contributed by atoms with Gasteiger partial charge in [-0.15, -0.1) is 0 Å². The molecule has 5 nitrogen and oxygen atoms in total. The second kappa shape index (κ2) is 18.7. The number of hydrogen-bond acceptors (Lipinski definition) is 5. The summed E-state index contributed by atoms with van der Waals surface area (Å²) in [4.78, 5) is 12.2. The van der Waals surface area contributed by atoms with Crippen molar-refractivity contribution in [1.29, 1.82) is 0 Å². The van der Waals surface area contributed by atoms with Gasteiger partial charge in [0.15, 0.2) is 0 Å². The molecule has 3 aromatic rings. The average Bonchev–Trinajstić information content (AvgIpc) is 3.12. The van der Waals surface area contributed by atoms with Crippen LogP contribution < -0.4 is 4.74 Å². The SMILES string of the molecule is CCCCCC1CCC(c2ccc(-c3ccc(-c4ccc(OCC(CC)(CO)CO)c(CCOC(=O)C(C)C)c4)c(CC)c3)c(F)c2)CC1. The van der Waals surface area contributed by atoms with Crippen molar-refractivity contribution in [1.82, 2.24) is 0 Å². The van der Waals surface area contributed by atoms with Gasteiger partial charge in [0.1, 0.15) is 11.6 Å². The summed E-state index contributed by atoms with van der Waals surface area (Å²) in [5.74, 6) is 1.28. The van der Waals surface area contributed by atoms with E-state index in [0.717, 1.165) is 58.6 Å². The Balaban J connectivity index is 1.55. The third-order valence-corrected chi connectivity index (χ3v) is 10.7. The second-order valence-corrected chi connectivity index (χ2v) is 14.5. The molecule has 1 aliphatic carbocycles. The molecule has 0 radical (unpaired) electrons. The summed E-state index contributed by atoms with van der Waals surface area (Å²) in [5, 5.41) is 19.9. The summed E-state index contributed by atoms with van der Waals surface area (Å²) in [6.45, 7) is 9.91. The van der Waals surface area contributed by atoms with Crippen LogP contribution in [0.5, 0.6) is 5.75 Å². The number of aliphatic hydroxyl groups is 2. The monoisotopic (exact) mass is 674 g/mol. The van der Waals surface area contributed by atoms with Crippen molar-refractivity contribution in [2.45, 2.75) is 111 Å². The molecular formula is C43H59FO5. The summed E-state index contributed by atoms with van der Waals surface area (Å²) in [6.07, 6.45) is 11.9. The van der Waals surface area contributed by atoms with Gasteiger partial charge in [0.05, 0.1) is 37.8 Å². The van der Waals surface area contributed by atoms with Crippen LogP contribution in [0.1, 0.15) is 115 Å². The molecule has 0 heterocycles. The number of ether oxygens (including phenoxy) is 2. The smallest absolute Gasteiger partial charge is 0.308 e. The Morgan fingerprint density at radius 2 is 1.55 bits per heavy atom. The summed E-state index contributed by atoms with van der Waals surface area (Å²) in [5.41, 5.74) is 5.91. The first-order valence-electron chi connectivity index (χ1n) is 18.7. The Morgan fingerprint density at radius 1 is 0.878 bits per heavy atom. The lowest BCUT2D eigenvalue weighted by Gasteiger charge is -2.29. The van der Waals surface area contributed by atoms with E-state index in [1.165, 1.54) is 38.5 Å². The van der Waals surface area contributed by atoms with Gasteiger partial charge in [0.25, 0.3) is 0 Å². The molecule has 1 saturated carbocycles. The van der Waals surface area contributed by atoms with E-state index in [-0.39, 0.29) is 44.1 Å². The second-order valence-electron chi connectivity index (χ2n) is 14.5. The maximum atomic E-state index is 15.7. The first kappa shape index (κ1) is 38.6. The molecule has 268 valence electrons. The molecule has 3 aromatic carbocycles. The van der Waals surface area contributed by atoms with Crippen LogP contribution in [0.25, 0.3) is 22.3 Å². The third kappa shape index (κ3) is 10.2. The van der Waals surface area contributed by atoms with Gasteiger partial charge in [-0.05, 0) is 102 Å². The van der Waals surface area contributed by atoms with Gasteiger partial charge in [-0.1, -0.05) is 96.7 Å². The van der Waals surface area contributed by atoms with E-state index in [1.54, 1.807) is 6.07 Å². The average molecular weight is 675 g/mol. The standard InChI is InChI=1S/C43H59FO5/c1-6-9-10-11-31-12-14-33(15-13-31)34-16-20-39(40(44)26-34)36-17-19-38(32(7-2)24-36)35-18-21-41(49-29-43(8-3,27-45)28-46)37(25-35)22-23-48-42(47)30(4)5/h16-21,24-26,30-31,33,45-46H,6-15,22-23,27-29H2,1-5H3. The summed E-state index contributed by atoms with van der Waals surface area (Å²) in [6, 6.07) is 18.0. The molecule has 49 heavy (non-hydrogen) atoms. The number of esters is 1. The third-order valence-electron chi connectivity index (χ3n) is 10.7. The van der Waals surface area contributed by atoms with Crippen LogP contribution in [0, 0.1) is 23.1 Å². The Bertz CT molecular complexity index is 1480. The molecule has 0 atom stereocenters. The molecule has 0 amide bonds. The number of rotatable bonds is 18. The molecule has 0 saturated heterocycles. The predicted octanol–water partition coefficient (Wildman–Crippen LogP) is 10.1. The Labute approximate surface area is 294 Å². The van der Waals surface area contributed by atoms with E-state index in [9.17, 15) is 15.0 Å². The highest BCUT2D eigenvalue weighted by atomic mass is 19.1. The molecular weight excluding hydrogens is 615 g/mol. The van der Waals surface area contributed by atoms with Crippen molar-refractivity contribution >= 4 is 5.97 Å². The maximum Gasteiger partial charge on any atom is 0.308 e. The van der Waals surface area contributed by atoms with E-state index in [2.05, 4.69) is 38.1 Å². The van der Waals surface area contributed by atoms with Crippen LogP contribution in [0.3, 0.4) is 0 Å². The topological polar surface area (TPSA) is 76.0 Å². The Morgan fingerprint density at radius 3 is 2.18 bits per heavy atom. The van der Waals surface area contributed by atoms with Gasteiger partial charge in [-0.25, -0.2) is 4.39 Å². The number of carbonyl (C=O) groups is 1. The zero-order valence-corrected chi connectivity index (χ0v) is 30.5. The van der Waals surface area contributed by atoms with E-state index in [4.69, 9.17) is 9.47 Å². The lowest BCUT2D eigenvalue weighted by Crippen LogP contribution is -2.35. The van der Waals surface area contributed by atoms with Gasteiger partial charge in [0, 0.05) is 12.0 Å². The summed E-state index contributed by atoms with van der Waals surface area (Å²) >= 11 is 0. The molecule has 0 unspecified atom stereocenters. The van der Waals surface area contributed by atoms with Gasteiger partial charge in [0.2, 0.25) is 0 Å². The van der Waals surface area contributed by atoms with E-state index >= 15 is 4.39 Å². The predicted molar refractivity (Wildman–Crippen MR) is 197 cm³/mol. The van der Waals surface area contributed by atoms with E-state index < -0.39 is 5.41 Å². The maximum absolute atomic E-state index is 15.7. The molecule has 4 rings (SSSR count). The number of hydrogen-bond donors (Lipinski definition) is 2. The first-order chi connectivity index (χ1) is 23.7. The zero-order chi connectivity index (χ0) is 35.4. The lowest BCUT2D eigenvalue weighted by molar-refractivity contribution is -0.147. The number of unbranched alkanes of at least 4 members (excludes halogenated alkanes) is 2. The van der Waals surface area contributed by atoms with E-state index in [1.807, 2.05) is 45.0 Å². The molecule has 2 N–H and O–H groups in total. The van der Waals surface area contributed by atoms with Crippen LogP contribution in [-0.2, 0) is 22.4 Å². The summed E-state index contributed by atoms with van der Waals surface area (Å²) in [7, 11) is 0. The molecule has 0 spiro atoms. The lowest BCUT2D eigenvalue weighted by atomic mass is 9.77. The van der Waals surface area contributed by atoms with Crippen LogP contribution in [0.4, 0.5) is 4.39 Å². The minimum absolute atomic E-state index is 0.161. The van der Waals surface area contributed by atoms with E-state index in [0.29, 0.717) is 30.1 Å². The number of aliphatic hydroxyl groups excluding tert-OH is 2. The fourth-order valence-electron chi connectivity index (χ4n) is 7.03. The highest BCUT2D eigenvalue weighted by Crippen LogP contribution is 2.40. The van der Waals surface area contributed by atoms with Crippen LogP contribution in [0.15, 0.2) is 54.6 Å². The fraction of sp³-hybridized carbons (Fsp3) is 0.558. The summed E-state index contributed by atoms with van der Waals surface area (Å²) < 4.78 is 27.4. The van der Waals surface area contributed by atoms with Crippen LogP contribution in [0.2, 0.25) is 0 Å². The highest BCUT2D eigenvalue weighted by molar-refractivity contribution is 5.75. The highest BCUT2D eigenvalue weighted by Gasteiger charge is 2.28. The van der Waals surface area contributed by atoms with Crippen LogP contribution in [-0.4, -0.2) is 42.6 Å². The number of carbonyl (C=O) groups excluding carboxylic acids is 1. The Hall–Kier alpha value is -3.22. The van der Waals surface area contributed by atoms with Crippen LogP contribution >= 0.6 is 0 Å². The quantitative estimate of drug-likeness (QED) is 0.104. The molecule has 6 heteroatoms. The van der Waals surface area contributed by atoms with Crippen molar-refractivity contribution in [2.24, 2.45) is 17.3 Å². The largest absolute Gasteiger partial charge is 0.493 e. The number of aryl methyl sites for hydroxylation is 1. The molecule has 0 bridgehead atoms. The van der Waals surface area contributed by atoms with Crippen molar-refractivity contribution in [3.05, 3.63) is 77.1 Å². The normalized spacial score (nSPS) is 16.6. The van der Waals surface area contributed by atoms with Gasteiger partial charge >= 0.3 is 5.97 Å². The number of halogens is 1. The van der Waals surface area contributed by atoms with Crippen molar-refractivity contribution < 1.29 is 28.9 Å². The molecule has 1 aliphatic rings.